The fourth-order valence-electron chi connectivity index (χ4n) is 4.02. The van der Waals surface area contributed by atoms with Crippen LogP contribution in [0.1, 0.15) is 24.9 Å². The molecule has 138 valence electrons. The minimum atomic E-state index is 0.518. The molecule has 1 saturated heterocycles. The maximum absolute atomic E-state index is 4.12. The van der Waals surface area contributed by atoms with E-state index in [-0.39, 0.29) is 0 Å². The maximum atomic E-state index is 4.12. The number of pyridine rings is 1. The van der Waals surface area contributed by atoms with E-state index in [2.05, 4.69) is 82.8 Å². The van der Waals surface area contributed by atoms with Crippen molar-refractivity contribution < 1.29 is 0 Å². The summed E-state index contributed by atoms with van der Waals surface area (Å²) in [4.78, 5) is 6.72. The van der Waals surface area contributed by atoms with E-state index in [1.807, 2.05) is 12.4 Å². The van der Waals surface area contributed by atoms with Crippen LogP contribution < -0.4 is 5.32 Å². The number of piperazine rings is 1. The third-order valence-electron chi connectivity index (χ3n) is 5.48. The first-order chi connectivity index (χ1) is 13.3. The first-order valence-electron chi connectivity index (χ1n) is 9.90. The molecule has 3 nitrogen and oxygen atoms in total. The van der Waals surface area contributed by atoms with Gasteiger partial charge in [-0.2, -0.15) is 0 Å². The zero-order chi connectivity index (χ0) is 18.5. The number of nitrogens with zero attached hydrogens (tertiary/aromatic N) is 2. The van der Waals surface area contributed by atoms with E-state index in [1.165, 1.54) is 27.8 Å². The van der Waals surface area contributed by atoms with Crippen LogP contribution in [0.25, 0.3) is 22.3 Å². The van der Waals surface area contributed by atoms with Crippen LogP contribution in [0.4, 0.5) is 0 Å². The van der Waals surface area contributed by atoms with Gasteiger partial charge in [0, 0.05) is 44.6 Å². The van der Waals surface area contributed by atoms with Gasteiger partial charge in [-0.3, -0.25) is 9.88 Å². The average Bonchev–Trinajstić information content (AvgIpc) is 2.76. The molecular weight excluding hydrogens is 330 g/mol. The van der Waals surface area contributed by atoms with E-state index in [0.29, 0.717) is 6.04 Å². The van der Waals surface area contributed by atoms with Gasteiger partial charge in [0.15, 0.2) is 0 Å². The highest BCUT2D eigenvalue weighted by atomic mass is 15.2. The molecule has 1 aliphatic heterocycles. The molecule has 1 aliphatic rings. The van der Waals surface area contributed by atoms with Crippen LogP contribution in [0.3, 0.4) is 0 Å². The normalized spacial score (nSPS) is 16.2. The van der Waals surface area contributed by atoms with Gasteiger partial charge in [-0.05, 0) is 52.4 Å². The summed E-state index contributed by atoms with van der Waals surface area (Å²) >= 11 is 0. The third kappa shape index (κ3) is 4.10. The Balaban J connectivity index is 1.57. The molecule has 1 fully saturated rings. The Morgan fingerprint density at radius 3 is 2.11 bits per heavy atom. The molecule has 0 bridgehead atoms. The van der Waals surface area contributed by atoms with Crippen LogP contribution in [0.5, 0.6) is 0 Å². The molecule has 1 atom stereocenters. The lowest BCUT2D eigenvalue weighted by atomic mass is 9.96. The van der Waals surface area contributed by atoms with Crippen LogP contribution in [-0.2, 0) is 0 Å². The number of benzene rings is 2. The molecule has 0 radical (unpaired) electrons. The molecule has 0 spiro atoms. The summed E-state index contributed by atoms with van der Waals surface area (Å²) in [6.07, 6.45) is 4.84. The molecular formula is C24H27N3. The minimum absolute atomic E-state index is 0.518. The lowest BCUT2D eigenvalue weighted by molar-refractivity contribution is 0.169. The van der Waals surface area contributed by atoms with Gasteiger partial charge in [0.05, 0.1) is 0 Å². The molecule has 3 heteroatoms. The summed E-state index contributed by atoms with van der Waals surface area (Å²) in [5, 5.41) is 3.45. The monoisotopic (exact) mass is 357 g/mol. The van der Waals surface area contributed by atoms with Crippen molar-refractivity contribution in [1.29, 1.82) is 0 Å². The smallest absolute Gasteiger partial charge is 0.0346 e. The third-order valence-corrected chi connectivity index (χ3v) is 5.48. The topological polar surface area (TPSA) is 28.2 Å². The van der Waals surface area contributed by atoms with Gasteiger partial charge in [0.25, 0.3) is 0 Å². The van der Waals surface area contributed by atoms with E-state index < -0.39 is 0 Å². The van der Waals surface area contributed by atoms with Crippen molar-refractivity contribution >= 4 is 0 Å². The van der Waals surface area contributed by atoms with E-state index in [0.717, 1.165) is 32.6 Å². The van der Waals surface area contributed by atoms with Crippen molar-refractivity contribution in [2.75, 3.05) is 26.2 Å². The highest BCUT2D eigenvalue weighted by Crippen LogP contribution is 2.29. The molecule has 27 heavy (non-hydrogen) atoms. The maximum Gasteiger partial charge on any atom is 0.0346 e. The Kier molecular flexibility index (Phi) is 5.61. The van der Waals surface area contributed by atoms with Crippen molar-refractivity contribution in [2.24, 2.45) is 0 Å². The summed E-state index contributed by atoms with van der Waals surface area (Å²) in [6.45, 7) is 6.74. The molecule has 0 amide bonds. The highest BCUT2D eigenvalue weighted by molar-refractivity contribution is 5.72. The Morgan fingerprint density at radius 2 is 1.48 bits per heavy atom. The molecule has 2 aromatic carbocycles. The van der Waals surface area contributed by atoms with Crippen molar-refractivity contribution in [1.82, 2.24) is 15.2 Å². The SMILES string of the molecule is CCC(c1ccc(-c2cccc(-c3ccncc3)c2)cc1)N1CCNCC1. The van der Waals surface area contributed by atoms with Gasteiger partial charge in [0.2, 0.25) is 0 Å². The van der Waals surface area contributed by atoms with E-state index in [4.69, 9.17) is 0 Å². The van der Waals surface area contributed by atoms with Crippen LogP contribution in [0, 0.1) is 0 Å². The molecule has 2 heterocycles. The Morgan fingerprint density at radius 1 is 0.852 bits per heavy atom. The van der Waals surface area contributed by atoms with Gasteiger partial charge >= 0.3 is 0 Å². The summed E-state index contributed by atoms with van der Waals surface area (Å²) in [5.74, 6) is 0. The summed E-state index contributed by atoms with van der Waals surface area (Å²) in [6, 6.07) is 22.5. The largest absolute Gasteiger partial charge is 0.314 e. The quantitative estimate of drug-likeness (QED) is 0.713. The van der Waals surface area contributed by atoms with E-state index in [1.54, 1.807) is 0 Å². The second kappa shape index (κ2) is 8.47. The first kappa shape index (κ1) is 17.9. The fraction of sp³-hybridized carbons (Fsp3) is 0.292. The average molecular weight is 358 g/mol. The standard InChI is InChI=1S/C24H27N3/c1-2-24(27-16-14-26-15-17-27)21-8-6-19(7-9-21)22-4-3-5-23(18-22)20-10-12-25-13-11-20/h3-13,18,24,26H,2,14-17H2,1H3. The molecule has 0 aliphatic carbocycles. The summed E-state index contributed by atoms with van der Waals surface area (Å²) in [7, 11) is 0. The van der Waals surface area contributed by atoms with Crippen molar-refractivity contribution in [3.63, 3.8) is 0 Å². The second-order valence-electron chi connectivity index (χ2n) is 7.15. The number of hydrogen-bond donors (Lipinski definition) is 1. The lowest BCUT2D eigenvalue weighted by Gasteiger charge is -2.34. The van der Waals surface area contributed by atoms with Gasteiger partial charge < -0.3 is 5.32 Å². The highest BCUT2D eigenvalue weighted by Gasteiger charge is 2.20. The van der Waals surface area contributed by atoms with Crippen molar-refractivity contribution in [3.8, 4) is 22.3 Å². The molecule has 3 aromatic rings. The lowest BCUT2D eigenvalue weighted by Crippen LogP contribution is -2.45. The minimum Gasteiger partial charge on any atom is -0.314 e. The zero-order valence-electron chi connectivity index (χ0n) is 15.9. The number of aromatic nitrogens is 1. The van der Waals surface area contributed by atoms with Crippen molar-refractivity contribution in [3.05, 3.63) is 78.6 Å². The van der Waals surface area contributed by atoms with Crippen LogP contribution in [-0.4, -0.2) is 36.1 Å². The predicted octanol–water partition coefficient (Wildman–Crippen LogP) is 4.77. The molecule has 0 saturated carbocycles. The first-order valence-corrected chi connectivity index (χ1v) is 9.90. The van der Waals surface area contributed by atoms with Gasteiger partial charge in [-0.25, -0.2) is 0 Å². The van der Waals surface area contributed by atoms with Crippen LogP contribution in [0.2, 0.25) is 0 Å². The second-order valence-corrected chi connectivity index (χ2v) is 7.15. The van der Waals surface area contributed by atoms with Crippen LogP contribution in [0.15, 0.2) is 73.1 Å². The molecule has 1 aromatic heterocycles. The summed E-state index contributed by atoms with van der Waals surface area (Å²) in [5.41, 5.74) is 6.38. The van der Waals surface area contributed by atoms with Crippen molar-refractivity contribution in [2.45, 2.75) is 19.4 Å². The van der Waals surface area contributed by atoms with E-state index in [9.17, 15) is 0 Å². The molecule has 1 N–H and O–H groups in total. The van der Waals surface area contributed by atoms with Gasteiger partial charge in [-0.15, -0.1) is 0 Å². The predicted molar refractivity (Wildman–Crippen MR) is 113 cm³/mol. The molecule has 4 rings (SSSR count). The number of nitrogens with one attached hydrogen (secondary N) is 1. The Hall–Kier alpha value is -2.49. The summed E-state index contributed by atoms with van der Waals surface area (Å²) < 4.78 is 0. The Bertz CT molecular complexity index is 852. The van der Waals surface area contributed by atoms with Gasteiger partial charge in [0.1, 0.15) is 0 Å². The van der Waals surface area contributed by atoms with Gasteiger partial charge in [-0.1, -0.05) is 49.4 Å². The van der Waals surface area contributed by atoms with Crippen LogP contribution >= 0.6 is 0 Å². The number of rotatable bonds is 5. The van der Waals surface area contributed by atoms with E-state index >= 15 is 0 Å². The molecule has 1 unspecified atom stereocenters. The fourth-order valence-corrected chi connectivity index (χ4v) is 4.02. The Labute approximate surface area is 162 Å². The zero-order valence-corrected chi connectivity index (χ0v) is 15.9. The number of hydrogen-bond acceptors (Lipinski definition) is 3.